The highest BCUT2D eigenvalue weighted by Crippen LogP contribution is 2.31. The largest absolute Gasteiger partial charge is 0.492 e. The zero-order chi connectivity index (χ0) is 21.9. The van der Waals surface area contributed by atoms with E-state index >= 15 is 0 Å². The summed E-state index contributed by atoms with van der Waals surface area (Å²) >= 11 is 0. The van der Waals surface area contributed by atoms with Gasteiger partial charge in [0, 0.05) is 12.5 Å². The second kappa shape index (κ2) is 12.1. The zero-order valence-electron chi connectivity index (χ0n) is 19.1. The maximum Gasteiger partial charge on any atom is 0.119 e. The summed E-state index contributed by atoms with van der Waals surface area (Å²) in [5.41, 5.74) is 5.36. The third kappa shape index (κ3) is 6.57. The molecule has 0 saturated carbocycles. The molecule has 162 valence electrons. The summed E-state index contributed by atoms with van der Waals surface area (Å²) in [5, 5.41) is 0. The Hall–Kier alpha value is -2.84. The van der Waals surface area contributed by atoms with Crippen LogP contribution >= 0.6 is 0 Å². The molecule has 31 heavy (non-hydrogen) atoms. The molecule has 0 heterocycles. The number of rotatable bonds is 11. The molecular weight excluding hydrogens is 378 g/mol. The van der Waals surface area contributed by atoms with Gasteiger partial charge in [-0.05, 0) is 60.8 Å². The Kier molecular flexibility index (Phi) is 8.93. The number of hydrogen-bond donors (Lipinski definition) is 0. The van der Waals surface area contributed by atoms with E-state index in [1.165, 1.54) is 22.3 Å². The maximum atomic E-state index is 5.98. The minimum absolute atomic E-state index is 0.231. The smallest absolute Gasteiger partial charge is 0.119 e. The van der Waals surface area contributed by atoms with Crippen molar-refractivity contribution in [3.05, 3.63) is 113 Å². The van der Waals surface area contributed by atoms with Crippen molar-refractivity contribution in [3.8, 4) is 5.75 Å². The molecule has 0 amide bonds. The molecule has 0 bridgehead atoms. The molecule has 0 saturated heterocycles. The van der Waals surface area contributed by atoms with Crippen LogP contribution in [-0.4, -0.2) is 31.1 Å². The molecule has 1 atom stereocenters. The van der Waals surface area contributed by atoms with Crippen LogP contribution in [0.4, 0.5) is 0 Å². The van der Waals surface area contributed by atoms with Crippen LogP contribution in [0, 0.1) is 0 Å². The highest BCUT2D eigenvalue weighted by Gasteiger charge is 2.15. The third-order valence-corrected chi connectivity index (χ3v) is 5.82. The van der Waals surface area contributed by atoms with Gasteiger partial charge in [0.2, 0.25) is 0 Å². The van der Waals surface area contributed by atoms with Crippen molar-refractivity contribution in [1.29, 1.82) is 0 Å². The third-order valence-electron chi connectivity index (χ3n) is 5.82. The minimum atomic E-state index is 0.231. The molecule has 3 aromatic rings. The van der Waals surface area contributed by atoms with E-state index in [4.69, 9.17) is 4.74 Å². The topological polar surface area (TPSA) is 12.5 Å². The fraction of sp³-hybridized carbons (Fsp3) is 0.310. The molecule has 3 aromatic carbocycles. The van der Waals surface area contributed by atoms with E-state index in [2.05, 4.69) is 117 Å². The monoisotopic (exact) mass is 413 g/mol. The SMILES string of the molecule is CC=CC(c1ccc(OCCN(CC)CC)cc1)c1ccccc1Cc1ccccc1. The summed E-state index contributed by atoms with van der Waals surface area (Å²) in [6.07, 6.45) is 5.39. The summed E-state index contributed by atoms with van der Waals surface area (Å²) in [7, 11) is 0. The Morgan fingerprint density at radius 3 is 2.19 bits per heavy atom. The normalized spacial score (nSPS) is 12.4. The predicted octanol–water partition coefficient (Wildman–Crippen LogP) is 6.71. The van der Waals surface area contributed by atoms with Crippen molar-refractivity contribution in [1.82, 2.24) is 4.90 Å². The van der Waals surface area contributed by atoms with Gasteiger partial charge in [0.25, 0.3) is 0 Å². The van der Waals surface area contributed by atoms with E-state index in [0.717, 1.165) is 38.4 Å². The Bertz CT molecular complexity index is 926. The van der Waals surface area contributed by atoms with E-state index in [1.807, 2.05) is 0 Å². The van der Waals surface area contributed by atoms with Gasteiger partial charge in [0.15, 0.2) is 0 Å². The fourth-order valence-electron chi connectivity index (χ4n) is 4.00. The number of allylic oxidation sites excluding steroid dienone is 2. The van der Waals surface area contributed by atoms with Crippen molar-refractivity contribution in [2.24, 2.45) is 0 Å². The van der Waals surface area contributed by atoms with Crippen molar-refractivity contribution >= 4 is 0 Å². The van der Waals surface area contributed by atoms with Crippen molar-refractivity contribution in [2.75, 3.05) is 26.2 Å². The van der Waals surface area contributed by atoms with Gasteiger partial charge in [0.05, 0.1) is 0 Å². The molecule has 2 nitrogen and oxygen atoms in total. The number of likely N-dealkylation sites (N-methyl/N-ethyl adjacent to an activating group) is 1. The molecular formula is C29H35NO. The molecule has 0 aromatic heterocycles. The van der Waals surface area contributed by atoms with Gasteiger partial charge in [-0.2, -0.15) is 0 Å². The minimum Gasteiger partial charge on any atom is -0.492 e. The Morgan fingerprint density at radius 1 is 0.839 bits per heavy atom. The quantitative estimate of drug-likeness (QED) is 0.324. The van der Waals surface area contributed by atoms with E-state index in [9.17, 15) is 0 Å². The lowest BCUT2D eigenvalue weighted by Crippen LogP contribution is -2.27. The second-order valence-corrected chi connectivity index (χ2v) is 7.81. The summed E-state index contributed by atoms with van der Waals surface area (Å²) in [4.78, 5) is 2.38. The van der Waals surface area contributed by atoms with Crippen molar-refractivity contribution in [2.45, 2.75) is 33.1 Å². The van der Waals surface area contributed by atoms with E-state index in [0.29, 0.717) is 0 Å². The Labute approximate surface area is 188 Å². The van der Waals surface area contributed by atoms with E-state index in [-0.39, 0.29) is 5.92 Å². The lowest BCUT2D eigenvalue weighted by Gasteiger charge is -2.20. The Morgan fingerprint density at radius 2 is 1.52 bits per heavy atom. The van der Waals surface area contributed by atoms with Gasteiger partial charge in [0.1, 0.15) is 12.4 Å². The molecule has 0 aliphatic rings. The highest BCUT2D eigenvalue weighted by molar-refractivity contribution is 5.44. The first kappa shape index (κ1) is 22.8. The molecule has 0 N–H and O–H groups in total. The van der Waals surface area contributed by atoms with Gasteiger partial charge in [-0.1, -0.05) is 92.7 Å². The molecule has 2 heteroatoms. The standard InChI is InChI=1S/C29H35NO/c1-4-12-28(25-17-19-27(20-18-25)31-22-21-30(5-2)6-3)29-16-11-10-15-26(29)23-24-13-8-7-9-14-24/h4,7-20,28H,5-6,21-23H2,1-3H3. The molecule has 0 aliphatic heterocycles. The Balaban J connectivity index is 1.77. The molecule has 1 unspecified atom stereocenters. The van der Waals surface area contributed by atoms with Crippen LogP contribution in [-0.2, 0) is 6.42 Å². The molecule has 0 fully saturated rings. The highest BCUT2D eigenvalue weighted by atomic mass is 16.5. The van der Waals surface area contributed by atoms with Crippen LogP contribution in [0.15, 0.2) is 91.0 Å². The number of benzene rings is 3. The first-order valence-electron chi connectivity index (χ1n) is 11.4. The van der Waals surface area contributed by atoms with Crippen molar-refractivity contribution < 1.29 is 4.74 Å². The summed E-state index contributed by atoms with van der Waals surface area (Å²) in [6, 6.07) is 28.1. The van der Waals surface area contributed by atoms with Crippen LogP contribution in [0.1, 0.15) is 48.9 Å². The van der Waals surface area contributed by atoms with Gasteiger partial charge >= 0.3 is 0 Å². The van der Waals surface area contributed by atoms with Gasteiger partial charge < -0.3 is 9.64 Å². The van der Waals surface area contributed by atoms with E-state index in [1.54, 1.807) is 0 Å². The second-order valence-electron chi connectivity index (χ2n) is 7.81. The van der Waals surface area contributed by atoms with Crippen LogP contribution in [0.2, 0.25) is 0 Å². The van der Waals surface area contributed by atoms with Crippen LogP contribution in [0.3, 0.4) is 0 Å². The van der Waals surface area contributed by atoms with Crippen LogP contribution in [0.25, 0.3) is 0 Å². The number of nitrogens with zero attached hydrogens (tertiary/aromatic N) is 1. The first-order valence-corrected chi connectivity index (χ1v) is 11.4. The lowest BCUT2D eigenvalue weighted by atomic mass is 9.86. The fourth-order valence-corrected chi connectivity index (χ4v) is 4.00. The first-order chi connectivity index (χ1) is 15.2. The average molecular weight is 414 g/mol. The lowest BCUT2D eigenvalue weighted by molar-refractivity contribution is 0.223. The van der Waals surface area contributed by atoms with Crippen LogP contribution < -0.4 is 4.74 Å². The van der Waals surface area contributed by atoms with E-state index < -0.39 is 0 Å². The van der Waals surface area contributed by atoms with Gasteiger partial charge in [-0.25, -0.2) is 0 Å². The summed E-state index contributed by atoms with van der Waals surface area (Å²) < 4.78 is 5.98. The summed E-state index contributed by atoms with van der Waals surface area (Å²) in [5.74, 6) is 1.17. The molecule has 0 radical (unpaired) electrons. The average Bonchev–Trinajstić information content (AvgIpc) is 2.82. The number of ether oxygens (including phenoxy) is 1. The van der Waals surface area contributed by atoms with Gasteiger partial charge in [-0.3, -0.25) is 0 Å². The van der Waals surface area contributed by atoms with Gasteiger partial charge in [-0.15, -0.1) is 0 Å². The van der Waals surface area contributed by atoms with Crippen LogP contribution in [0.5, 0.6) is 5.75 Å². The van der Waals surface area contributed by atoms with Crippen molar-refractivity contribution in [3.63, 3.8) is 0 Å². The predicted molar refractivity (Wildman–Crippen MR) is 132 cm³/mol. The summed E-state index contributed by atoms with van der Waals surface area (Å²) in [6.45, 7) is 10.3. The molecule has 3 rings (SSSR count). The molecule has 0 spiro atoms. The number of hydrogen-bond acceptors (Lipinski definition) is 2. The maximum absolute atomic E-state index is 5.98. The zero-order valence-corrected chi connectivity index (χ0v) is 19.1. The molecule has 0 aliphatic carbocycles.